The van der Waals surface area contributed by atoms with E-state index in [0.29, 0.717) is 28.8 Å². The molecular weight excluding hydrogens is 361 g/mol. The molecule has 0 aliphatic carbocycles. The number of imidazole rings is 1. The van der Waals surface area contributed by atoms with Crippen LogP contribution in [0.3, 0.4) is 0 Å². The Bertz CT molecular complexity index is 716. The molecule has 0 saturated carbocycles. The summed E-state index contributed by atoms with van der Waals surface area (Å²) in [7, 11) is 0. The first-order valence-electron chi connectivity index (χ1n) is 6.74. The number of carbonyl (C=O) groups excluding carboxylic acids is 1. The molecule has 1 aliphatic rings. The number of benzene rings is 1. The molecular formula is C14H14BrClFN3O. The van der Waals surface area contributed by atoms with Crippen LogP contribution < -0.4 is 5.32 Å². The number of hydrogen-bond donors (Lipinski definition) is 1. The van der Waals surface area contributed by atoms with Crippen LogP contribution in [0.2, 0.25) is 0 Å². The normalized spacial score (nSPS) is 20.0. The number of hydrogen-bond acceptors (Lipinski definition) is 2. The lowest BCUT2D eigenvalue weighted by molar-refractivity contribution is -0.119. The predicted molar refractivity (Wildman–Crippen MR) is 82.8 cm³/mol. The Balaban J connectivity index is 2.07. The van der Waals surface area contributed by atoms with Gasteiger partial charge in [-0.2, -0.15) is 0 Å². The summed E-state index contributed by atoms with van der Waals surface area (Å²) in [5, 5.41) is 2.64. The Labute approximate surface area is 134 Å². The van der Waals surface area contributed by atoms with Crippen LogP contribution >= 0.6 is 27.5 Å². The van der Waals surface area contributed by atoms with Gasteiger partial charge in [-0.25, -0.2) is 9.37 Å². The van der Waals surface area contributed by atoms with Crippen LogP contribution in [0.25, 0.3) is 11.0 Å². The van der Waals surface area contributed by atoms with E-state index in [0.717, 1.165) is 11.9 Å². The third-order valence-corrected chi connectivity index (χ3v) is 4.47. The number of nitrogens with zero attached hydrogens (tertiary/aromatic N) is 2. The largest absolute Gasteiger partial charge is 0.352 e. The highest BCUT2D eigenvalue weighted by atomic mass is 79.9. The highest BCUT2D eigenvalue weighted by molar-refractivity contribution is 9.10. The number of alkyl halides is 1. The molecule has 1 aromatic carbocycles. The molecule has 1 aliphatic heterocycles. The van der Waals surface area contributed by atoms with Gasteiger partial charge in [0.2, 0.25) is 5.91 Å². The van der Waals surface area contributed by atoms with Gasteiger partial charge >= 0.3 is 0 Å². The van der Waals surface area contributed by atoms with Gasteiger partial charge < -0.3 is 9.88 Å². The molecule has 0 spiro atoms. The summed E-state index contributed by atoms with van der Waals surface area (Å²) >= 11 is 9.40. The van der Waals surface area contributed by atoms with Crippen molar-refractivity contribution >= 4 is 44.5 Å². The number of carbonyl (C=O) groups is 1. The zero-order valence-corrected chi connectivity index (χ0v) is 13.7. The van der Waals surface area contributed by atoms with Crippen LogP contribution in [-0.2, 0) is 11.3 Å². The third-order valence-electron chi connectivity index (χ3n) is 3.66. The zero-order valence-electron chi connectivity index (χ0n) is 11.4. The van der Waals surface area contributed by atoms with Crippen molar-refractivity contribution in [3.05, 3.63) is 28.2 Å². The molecule has 1 saturated heterocycles. The van der Waals surface area contributed by atoms with Gasteiger partial charge in [0.05, 0.1) is 20.9 Å². The molecule has 0 bridgehead atoms. The molecule has 1 amide bonds. The van der Waals surface area contributed by atoms with Gasteiger partial charge in [-0.15, -0.1) is 11.6 Å². The molecule has 2 unspecified atom stereocenters. The molecule has 2 aromatic rings. The van der Waals surface area contributed by atoms with Crippen molar-refractivity contribution in [2.24, 2.45) is 0 Å². The molecule has 1 N–H and O–H groups in total. The van der Waals surface area contributed by atoms with Gasteiger partial charge in [-0.1, -0.05) is 0 Å². The van der Waals surface area contributed by atoms with E-state index < -0.39 is 0 Å². The molecule has 2 heterocycles. The minimum absolute atomic E-state index is 0.0629. The maximum Gasteiger partial charge on any atom is 0.220 e. The van der Waals surface area contributed by atoms with E-state index in [1.165, 1.54) is 6.07 Å². The number of nitrogens with one attached hydrogen (secondary N) is 1. The van der Waals surface area contributed by atoms with Gasteiger partial charge in [-0.05, 0) is 35.3 Å². The van der Waals surface area contributed by atoms with E-state index in [4.69, 9.17) is 11.6 Å². The molecule has 2 atom stereocenters. The Morgan fingerprint density at radius 2 is 2.38 bits per heavy atom. The second-order valence-corrected chi connectivity index (χ2v) is 6.76. The fourth-order valence-corrected chi connectivity index (χ4v) is 3.17. The summed E-state index contributed by atoms with van der Waals surface area (Å²) in [6.45, 7) is 2.42. The van der Waals surface area contributed by atoms with Crippen LogP contribution in [0.5, 0.6) is 0 Å². The number of fused-ring (bicyclic) bond motifs is 1. The summed E-state index contributed by atoms with van der Waals surface area (Å²) < 4.78 is 16.0. The Morgan fingerprint density at radius 3 is 3.00 bits per heavy atom. The molecule has 1 fully saturated rings. The first-order chi connectivity index (χ1) is 9.95. The van der Waals surface area contributed by atoms with E-state index in [-0.39, 0.29) is 23.1 Å². The lowest BCUT2D eigenvalue weighted by atomic mass is 10.2. The summed E-state index contributed by atoms with van der Waals surface area (Å²) in [6, 6.07) is 3.16. The summed E-state index contributed by atoms with van der Waals surface area (Å²) in [5.74, 6) is 0.400. The Kier molecular flexibility index (Phi) is 3.92. The van der Waals surface area contributed by atoms with Crippen molar-refractivity contribution in [3.63, 3.8) is 0 Å². The van der Waals surface area contributed by atoms with Gasteiger partial charge in [0.1, 0.15) is 11.6 Å². The molecule has 112 valence electrons. The van der Waals surface area contributed by atoms with Crippen molar-refractivity contribution < 1.29 is 9.18 Å². The first kappa shape index (κ1) is 14.8. The minimum Gasteiger partial charge on any atom is -0.352 e. The Hall–Kier alpha value is -1.14. The number of aromatic nitrogens is 2. The van der Waals surface area contributed by atoms with Crippen molar-refractivity contribution in [3.8, 4) is 0 Å². The highest BCUT2D eigenvalue weighted by Crippen LogP contribution is 2.29. The maximum atomic E-state index is 13.7. The fourth-order valence-electron chi connectivity index (χ4n) is 2.67. The zero-order chi connectivity index (χ0) is 15.1. The standard InChI is InChI=1S/C14H14BrClFN3O/c1-7(16)14-19-11-5-10(17)9(15)4-12(11)20(14)6-8-2-3-13(21)18-8/h4-5,7-8H,2-3,6H2,1H3,(H,18,21). The second-order valence-electron chi connectivity index (χ2n) is 5.25. The van der Waals surface area contributed by atoms with Crippen molar-refractivity contribution in [1.29, 1.82) is 0 Å². The topological polar surface area (TPSA) is 46.9 Å². The Morgan fingerprint density at radius 1 is 1.62 bits per heavy atom. The van der Waals surface area contributed by atoms with Crippen LogP contribution in [0.1, 0.15) is 31.0 Å². The average molecular weight is 375 g/mol. The highest BCUT2D eigenvalue weighted by Gasteiger charge is 2.24. The van der Waals surface area contributed by atoms with Crippen molar-refractivity contribution in [1.82, 2.24) is 14.9 Å². The summed E-state index contributed by atoms with van der Waals surface area (Å²) in [5.41, 5.74) is 1.38. The SMILES string of the molecule is CC(Cl)c1nc2cc(F)c(Br)cc2n1CC1CCC(=O)N1. The van der Waals surface area contributed by atoms with E-state index in [9.17, 15) is 9.18 Å². The average Bonchev–Trinajstić information content (AvgIpc) is 2.96. The van der Waals surface area contributed by atoms with Crippen molar-refractivity contribution in [2.45, 2.75) is 37.7 Å². The van der Waals surface area contributed by atoms with Crippen LogP contribution in [0, 0.1) is 5.82 Å². The minimum atomic E-state index is -0.352. The third kappa shape index (κ3) is 2.79. The smallest absolute Gasteiger partial charge is 0.220 e. The predicted octanol–water partition coefficient (Wildman–Crippen LogP) is 3.52. The fraction of sp³-hybridized carbons (Fsp3) is 0.429. The van der Waals surface area contributed by atoms with Gasteiger partial charge in [0.15, 0.2) is 0 Å². The quantitative estimate of drug-likeness (QED) is 0.836. The molecule has 0 radical (unpaired) electrons. The summed E-state index contributed by atoms with van der Waals surface area (Å²) in [4.78, 5) is 15.8. The molecule has 4 nitrogen and oxygen atoms in total. The second kappa shape index (κ2) is 5.57. The molecule has 1 aromatic heterocycles. The molecule has 7 heteroatoms. The lowest BCUT2D eigenvalue weighted by Crippen LogP contribution is -2.30. The maximum absolute atomic E-state index is 13.7. The van der Waals surface area contributed by atoms with E-state index >= 15 is 0 Å². The monoisotopic (exact) mass is 373 g/mol. The van der Waals surface area contributed by atoms with E-state index in [1.807, 2.05) is 11.5 Å². The van der Waals surface area contributed by atoms with Crippen LogP contribution in [0.4, 0.5) is 4.39 Å². The lowest BCUT2D eigenvalue weighted by Gasteiger charge is -2.15. The van der Waals surface area contributed by atoms with Crippen molar-refractivity contribution in [2.75, 3.05) is 0 Å². The van der Waals surface area contributed by atoms with Crippen LogP contribution in [0.15, 0.2) is 16.6 Å². The summed E-state index contributed by atoms with van der Waals surface area (Å²) in [6.07, 6.45) is 1.33. The number of amides is 1. The van der Waals surface area contributed by atoms with Gasteiger partial charge in [-0.3, -0.25) is 4.79 Å². The van der Waals surface area contributed by atoms with Gasteiger partial charge in [0.25, 0.3) is 0 Å². The number of halogens is 3. The van der Waals surface area contributed by atoms with Crippen LogP contribution in [-0.4, -0.2) is 21.5 Å². The van der Waals surface area contributed by atoms with E-state index in [2.05, 4.69) is 26.2 Å². The first-order valence-corrected chi connectivity index (χ1v) is 7.97. The van der Waals surface area contributed by atoms with E-state index in [1.54, 1.807) is 6.07 Å². The number of rotatable bonds is 3. The molecule has 3 rings (SSSR count). The molecule has 21 heavy (non-hydrogen) atoms. The van der Waals surface area contributed by atoms with Gasteiger partial charge in [0, 0.05) is 25.1 Å².